The SMILES string of the molecule is CN(C(=O)[C@@H]1CSCN1C(=O)c1ncc(Br)s1)C1CC1. The van der Waals surface area contributed by atoms with E-state index in [1.807, 2.05) is 7.05 Å². The maximum absolute atomic E-state index is 12.5. The molecular formula is C12H14BrN3O2S2. The first kappa shape index (κ1) is 14.3. The summed E-state index contributed by atoms with van der Waals surface area (Å²) in [6, 6.07) is 0.0276. The molecule has 1 saturated heterocycles. The largest absolute Gasteiger partial charge is 0.341 e. The number of likely N-dealkylation sites (N-methyl/N-ethyl adjacent to an activating group) is 1. The van der Waals surface area contributed by atoms with Crippen molar-refractivity contribution >= 4 is 50.8 Å². The summed E-state index contributed by atoms with van der Waals surface area (Å²) in [6.45, 7) is 0. The topological polar surface area (TPSA) is 53.5 Å². The normalized spacial score (nSPS) is 22.1. The molecule has 108 valence electrons. The summed E-state index contributed by atoms with van der Waals surface area (Å²) in [6.07, 6.45) is 3.78. The molecule has 0 bridgehead atoms. The van der Waals surface area contributed by atoms with Crippen LogP contribution in [0.3, 0.4) is 0 Å². The summed E-state index contributed by atoms with van der Waals surface area (Å²) in [4.78, 5) is 32.5. The summed E-state index contributed by atoms with van der Waals surface area (Å²) in [7, 11) is 1.84. The van der Waals surface area contributed by atoms with Crippen molar-refractivity contribution < 1.29 is 9.59 Å². The Bertz CT molecular complexity index is 547. The molecule has 5 nitrogen and oxygen atoms in total. The van der Waals surface area contributed by atoms with E-state index in [1.165, 1.54) is 11.3 Å². The van der Waals surface area contributed by atoms with Gasteiger partial charge in [0.1, 0.15) is 6.04 Å². The van der Waals surface area contributed by atoms with Gasteiger partial charge in [0.2, 0.25) is 5.91 Å². The van der Waals surface area contributed by atoms with Crippen molar-refractivity contribution in [2.45, 2.75) is 24.9 Å². The van der Waals surface area contributed by atoms with Gasteiger partial charge in [0.15, 0.2) is 5.01 Å². The highest BCUT2D eigenvalue weighted by atomic mass is 79.9. The van der Waals surface area contributed by atoms with E-state index in [0.29, 0.717) is 22.7 Å². The quantitative estimate of drug-likeness (QED) is 0.810. The number of hydrogen-bond acceptors (Lipinski definition) is 5. The molecule has 1 aliphatic heterocycles. The molecule has 1 aliphatic carbocycles. The summed E-state index contributed by atoms with van der Waals surface area (Å²) in [5.74, 6) is 1.15. The standard InChI is InChI=1S/C12H14BrN3O2S2/c1-15(7-2-3-7)11(17)8-5-19-6-16(8)12(18)10-14-4-9(13)20-10/h4,7-8H,2-3,5-6H2,1H3/t8-/m0/s1. The van der Waals surface area contributed by atoms with Gasteiger partial charge in [-0.2, -0.15) is 0 Å². The van der Waals surface area contributed by atoms with Gasteiger partial charge in [-0.3, -0.25) is 9.59 Å². The molecule has 0 spiro atoms. The zero-order chi connectivity index (χ0) is 14.3. The third-order valence-corrected chi connectivity index (χ3v) is 6.01. The molecule has 1 atom stereocenters. The van der Waals surface area contributed by atoms with E-state index in [4.69, 9.17) is 0 Å². The van der Waals surface area contributed by atoms with Crippen LogP contribution >= 0.6 is 39.0 Å². The molecule has 8 heteroatoms. The van der Waals surface area contributed by atoms with Crippen LogP contribution in [0.4, 0.5) is 0 Å². The van der Waals surface area contributed by atoms with E-state index in [-0.39, 0.29) is 17.9 Å². The Balaban J connectivity index is 1.74. The summed E-state index contributed by atoms with van der Waals surface area (Å²) < 4.78 is 0.825. The molecule has 2 fully saturated rings. The molecule has 1 aromatic heterocycles. The highest BCUT2D eigenvalue weighted by molar-refractivity contribution is 9.11. The number of aromatic nitrogens is 1. The van der Waals surface area contributed by atoms with E-state index in [0.717, 1.165) is 16.6 Å². The molecule has 0 unspecified atom stereocenters. The molecule has 2 heterocycles. The second-order valence-corrected chi connectivity index (χ2v) is 8.35. The number of rotatable bonds is 3. The number of hydrogen-bond donors (Lipinski definition) is 0. The van der Waals surface area contributed by atoms with Crippen LogP contribution in [-0.2, 0) is 4.79 Å². The Labute approximate surface area is 133 Å². The molecule has 2 aliphatic rings. The minimum Gasteiger partial charge on any atom is -0.341 e. The van der Waals surface area contributed by atoms with Crippen LogP contribution in [0.25, 0.3) is 0 Å². The molecule has 1 aromatic rings. The fourth-order valence-electron chi connectivity index (χ4n) is 2.20. The molecule has 1 saturated carbocycles. The lowest BCUT2D eigenvalue weighted by Crippen LogP contribution is -2.48. The monoisotopic (exact) mass is 375 g/mol. The van der Waals surface area contributed by atoms with Crippen molar-refractivity contribution in [3.8, 4) is 0 Å². The predicted molar refractivity (Wildman–Crippen MR) is 82.9 cm³/mol. The molecular weight excluding hydrogens is 362 g/mol. The first-order chi connectivity index (χ1) is 9.58. The molecule has 3 rings (SSSR count). The molecule has 0 radical (unpaired) electrons. The van der Waals surface area contributed by atoms with E-state index in [9.17, 15) is 9.59 Å². The van der Waals surface area contributed by atoms with Crippen molar-refractivity contribution in [3.05, 3.63) is 15.0 Å². The van der Waals surface area contributed by atoms with Gasteiger partial charge in [-0.05, 0) is 28.8 Å². The van der Waals surface area contributed by atoms with Crippen LogP contribution in [0.15, 0.2) is 9.98 Å². The Morgan fingerprint density at radius 2 is 2.25 bits per heavy atom. The predicted octanol–water partition coefficient (Wildman–Crippen LogP) is 2.04. The smallest absolute Gasteiger partial charge is 0.284 e. The van der Waals surface area contributed by atoms with Crippen molar-refractivity contribution in [2.75, 3.05) is 18.7 Å². The summed E-state index contributed by atoms with van der Waals surface area (Å²) in [5, 5.41) is 0.436. The van der Waals surface area contributed by atoms with Crippen molar-refractivity contribution in [1.82, 2.24) is 14.8 Å². The number of halogens is 1. The van der Waals surface area contributed by atoms with Gasteiger partial charge in [-0.25, -0.2) is 4.98 Å². The van der Waals surface area contributed by atoms with E-state index in [1.54, 1.807) is 27.8 Å². The maximum atomic E-state index is 12.5. The average Bonchev–Trinajstić information content (AvgIpc) is 3.01. The summed E-state index contributed by atoms with van der Waals surface area (Å²) in [5.41, 5.74) is 0. The van der Waals surface area contributed by atoms with Gasteiger partial charge >= 0.3 is 0 Å². The van der Waals surface area contributed by atoms with Crippen LogP contribution in [-0.4, -0.2) is 57.4 Å². The number of carbonyl (C=O) groups excluding carboxylic acids is 2. The third kappa shape index (κ3) is 2.73. The Kier molecular flexibility index (Phi) is 4.05. The first-order valence-corrected chi connectivity index (χ1v) is 9.11. The Morgan fingerprint density at radius 3 is 2.85 bits per heavy atom. The number of nitrogens with zero attached hydrogens (tertiary/aromatic N) is 3. The molecule has 20 heavy (non-hydrogen) atoms. The molecule has 0 aromatic carbocycles. The maximum Gasteiger partial charge on any atom is 0.284 e. The van der Waals surface area contributed by atoms with Crippen LogP contribution < -0.4 is 0 Å². The van der Waals surface area contributed by atoms with Gasteiger partial charge in [0.05, 0.1) is 15.9 Å². The van der Waals surface area contributed by atoms with Crippen molar-refractivity contribution in [2.24, 2.45) is 0 Å². The van der Waals surface area contributed by atoms with Crippen LogP contribution in [0.2, 0.25) is 0 Å². The van der Waals surface area contributed by atoms with E-state index in [2.05, 4.69) is 20.9 Å². The Morgan fingerprint density at radius 1 is 1.50 bits per heavy atom. The minimum absolute atomic E-state index is 0.0569. The van der Waals surface area contributed by atoms with E-state index < -0.39 is 0 Å². The average molecular weight is 376 g/mol. The number of thioether (sulfide) groups is 1. The van der Waals surface area contributed by atoms with Gasteiger partial charge < -0.3 is 9.80 Å². The van der Waals surface area contributed by atoms with Crippen molar-refractivity contribution in [3.63, 3.8) is 0 Å². The van der Waals surface area contributed by atoms with Gasteiger partial charge in [0.25, 0.3) is 5.91 Å². The van der Waals surface area contributed by atoms with Crippen LogP contribution in [0.5, 0.6) is 0 Å². The zero-order valence-electron chi connectivity index (χ0n) is 10.9. The second-order valence-electron chi connectivity index (χ2n) is 4.94. The first-order valence-electron chi connectivity index (χ1n) is 6.34. The number of carbonyl (C=O) groups is 2. The lowest BCUT2D eigenvalue weighted by atomic mass is 10.2. The lowest BCUT2D eigenvalue weighted by Gasteiger charge is -2.26. The number of amides is 2. The van der Waals surface area contributed by atoms with Gasteiger partial charge in [0, 0.05) is 18.8 Å². The highest BCUT2D eigenvalue weighted by Gasteiger charge is 2.40. The van der Waals surface area contributed by atoms with Crippen molar-refractivity contribution in [1.29, 1.82) is 0 Å². The number of thiazole rings is 1. The van der Waals surface area contributed by atoms with Gasteiger partial charge in [-0.1, -0.05) is 0 Å². The molecule has 2 amide bonds. The second kappa shape index (κ2) is 5.65. The van der Waals surface area contributed by atoms with Crippen LogP contribution in [0, 0.1) is 0 Å². The fraction of sp³-hybridized carbons (Fsp3) is 0.583. The lowest BCUT2D eigenvalue weighted by molar-refractivity contribution is -0.134. The van der Waals surface area contributed by atoms with E-state index >= 15 is 0 Å². The van der Waals surface area contributed by atoms with Gasteiger partial charge in [-0.15, -0.1) is 23.1 Å². The van der Waals surface area contributed by atoms with Crippen LogP contribution in [0.1, 0.15) is 22.6 Å². The minimum atomic E-state index is -0.347. The third-order valence-electron chi connectivity index (χ3n) is 3.53. The zero-order valence-corrected chi connectivity index (χ0v) is 14.1. The molecule has 0 N–H and O–H groups in total. The fourth-order valence-corrected chi connectivity index (χ4v) is 4.51. The summed E-state index contributed by atoms with van der Waals surface area (Å²) >= 11 is 6.23. The highest BCUT2D eigenvalue weighted by Crippen LogP contribution is 2.30. The Hall–Kier alpha value is -0.600.